The van der Waals surface area contributed by atoms with Gasteiger partial charge >= 0.3 is 0 Å². The van der Waals surface area contributed by atoms with Gasteiger partial charge in [0.1, 0.15) is 11.5 Å². The van der Waals surface area contributed by atoms with E-state index in [1.165, 1.54) is 5.56 Å². The average molecular weight is 340 g/mol. The molecule has 0 amide bonds. The van der Waals surface area contributed by atoms with Gasteiger partial charge < -0.3 is 10.5 Å². The van der Waals surface area contributed by atoms with Crippen LogP contribution in [-0.2, 0) is 17.6 Å². The molecule has 0 aromatic heterocycles. The van der Waals surface area contributed by atoms with Crippen molar-refractivity contribution in [1.29, 1.82) is 0 Å². The number of nitrogens with two attached hydrogens (primary N) is 1. The van der Waals surface area contributed by atoms with Gasteiger partial charge in [-0.2, -0.15) is 0 Å². The van der Waals surface area contributed by atoms with Crippen molar-refractivity contribution in [1.82, 2.24) is 0 Å². The Labute approximate surface area is 129 Å². The van der Waals surface area contributed by atoms with Crippen molar-refractivity contribution in [2.45, 2.75) is 44.9 Å². The maximum atomic E-state index is 12.1. The normalized spacial score (nSPS) is 13.1. The van der Waals surface area contributed by atoms with Crippen molar-refractivity contribution in [3.05, 3.63) is 27.7 Å². The molecule has 3 nitrogen and oxygen atoms in total. The number of benzene rings is 1. The molecule has 0 saturated carbocycles. The Morgan fingerprint density at radius 1 is 1.25 bits per heavy atom. The lowest BCUT2D eigenvalue weighted by Crippen LogP contribution is -2.04. The number of halogens is 1. The van der Waals surface area contributed by atoms with Crippen LogP contribution >= 0.6 is 15.9 Å². The van der Waals surface area contributed by atoms with Gasteiger partial charge in [-0.15, -0.1) is 0 Å². The predicted octanol–water partition coefficient (Wildman–Crippen LogP) is 3.40. The van der Waals surface area contributed by atoms with E-state index in [0.29, 0.717) is 18.6 Å². The first-order valence-corrected chi connectivity index (χ1v) is 8.16. The molecule has 1 aliphatic heterocycles. The Kier molecular flexibility index (Phi) is 6.05. The highest BCUT2D eigenvalue weighted by atomic mass is 79.9. The number of rotatable bonds is 8. The highest BCUT2D eigenvalue weighted by molar-refractivity contribution is 9.10. The highest BCUT2D eigenvalue weighted by Gasteiger charge is 2.18. The largest absolute Gasteiger partial charge is 0.493 e. The first kappa shape index (κ1) is 15.5. The molecule has 2 rings (SSSR count). The van der Waals surface area contributed by atoms with Crippen molar-refractivity contribution in [2.75, 3.05) is 13.2 Å². The number of hydrogen-bond acceptors (Lipinski definition) is 3. The molecule has 1 aliphatic rings. The Bertz CT molecular complexity index is 474. The van der Waals surface area contributed by atoms with Crippen LogP contribution in [0.15, 0.2) is 16.6 Å². The van der Waals surface area contributed by atoms with E-state index in [9.17, 15) is 4.79 Å². The van der Waals surface area contributed by atoms with Crippen molar-refractivity contribution in [3.8, 4) is 5.75 Å². The summed E-state index contributed by atoms with van der Waals surface area (Å²) in [7, 11) is 0. The van der Waals surface area contributed by atoms with Gasteiger partial charge in [0.05, 0.1) is 6.61 Å². The SMILES string of the molecule is NCCCCCCC(=O)Cc1cc(Br)cc2c1OCC2. The van der Waals surface area contributed by atoms with E-state index in [0.717, 1.165) is 61.0 Å². The van der Waals surface area contributed by atoms with Gasteiger partial charge in [-0.1, -0.05) is 28.8 Å². The van der Waals surface area contributed by atoms with Gasteiger partial charge in [0.25, 0.3) is 0 Å². The Morgan fingerprint density at radius 3 is 2.85 bits per heavy atom. The molecule has 0 fully saturated rings. The van der Waals surface area contributed by atoms with Gasteiger partial charge in [-0.05, 0) is 37.1 Å². The summed E-state index contributed by atoms with van der Waals surface area (Å²) < 4.78 is 6.69. The van der Waals surface area contributed by atoms with E-state index in [-0.39, 0.29) is 0 Å². The minimum Gasteiger partial charge on any atom is -0.493 e. The molecule has 1 aromatic rings. The number of ether oxygens (including phenoxy) is 1. The van der Waals surface area contributed by atoms with E-state index in [2.05, 4.69) is 22.0 Å². The zero-order valence-corrected chi connectivity index (χ0v) is 13.4. The predicted molar refractivity (Wildman–Crippen MR) is 84.2 cm³/mol. The Balaban J connectivity index is 1.85. The zero-order chi connectivity index (χ0) is 14.4. The van der Waals surface area contributed by atoms with Crippen LogP contribution in [-0.4, -0.2) is 18.9 Å². The van der Waals surface area contributed by atoms with Crippen LogP contribution in [0.5, 0.6) is 5.75 Å². The molecule has 0 radical (unpaired) electrons. The van der Waals surface area contributed by atoms with Crippen LogP contribution in [0.25, 0.3) is 0 Å². The number of hydrogen-bond donors (Lipinski definition) is 1. The van der Waals surface area contributed by atoms with Crippen LogP contribution in [0.3, 0.4) is 0 Å². The molecule has 0 atom stereocenters. The molecule has 110 valence electrons. The van der Waals surface area contributed by atoms with Crippen LogP contribution in [0, 0.1) is 0 Å². The van der Waals surface area contributed by atoms with E-state index in [1.54, 1.807) is 0 Å². The fraction of sp³-hybridized carbons (Fsp3) is 0.562. The molecule has 20 heavy (non-hydrogen) atoms. The lowest BCUT2D eigenvalue weighted by atomic mass is 10.0. The fourth-order valence-electron chi connectivity index (χ4n) is 2.60. The minimum atomic E-state index is 0.300. The van der Waals surface area contributed by atoms with Crippen LogP contribution in [0.2, 0.25) is 0 Å². The maximum absolute atomic E-state index is 12.1. The molecule has 0 saturated heterocycles. The monoisotopic (exact) mass is 339 g/mol. The van der Waals surface area contributed by atoms with Crippen LogP contribution in [0.1, 0.15) is 43.2 Å². The average Bonchev–Trinajstić information content (AvgIpc) is 2.86. The summed E-state index contributed by atoms with van der Waals surface area (Å²) in [6.45, 7) is 1.47. The number of carbonyl (C=O) groups excluding carboxylic acids is 1. The molecule has 1 aromatic carbocycles. The molecule has 2 N–H and O–H groups in total. The van der Waals surface area contributed by atoms with E-state index in [4.69, 9.17) is 10.5 Å². The second-order valence-corrected chi connectivity index (χ2v) is 6.24. The minimum absolute atomic E-state index is 0.300. The van der Waals surface area contributed by atoms with Crippen molar-refractivity contribution >= 4 is 21.7 Å². The van der Waals surface area contributed by atoms with Gasteiger partial charge in [0, 0.05) is 29.3 Å². The number of unbranched alkanes of at least 4 members (excludes halogenated alkanes) is 3. The number of fused-ring (bicyclic) bond motifs is 1. The quantitative estimate of drug-likeness (QED) is 0.738. The third-order valence-corrected chi connectivity index (χ3v) is 4.08. The smallest absolute Gasteiger partial charge is 0.137 e. The molecular formula is C16H22BrNO2. The fourth-order valence-corrected chi connectivity index (χ4v) is 3.15. The summed E-state index contributed by atoms with van der Waals surface area (Å²) in [5.74, 6) is 1.23. The molecular weight excluding hydrogens is 318 g/mol. The summed E-state index contributed by atoms with van der Waals surface area (Å²) in [5.41, 5.74) is 7.69. The molecule has 0 unspecified atom stereocenters. The number of ketones is 1. The van der Waals surface area contributed by atoms with E-state index < -0.39 is 0 Å². The first-order chi connectivity index (χ1) is 9.70. The summed E-state index contributed by atoms with van der Waals surface area (Å²) in [6.07, 6.45) is 6.33. The second-order valence-electron chi connectivity index (χ2n) is 5.32. The van der Waals surface area contributed by atoms with Gasteiger partial charge in [0.2, 0.25) is 0 Å². The third kappa shape index (κ3) is 4.32. The molecule has 0 bridgehead atoms. The summed E-state index contributed by atoms with van der Waals surface area (Å²) in [6, 6.07) is 4.10. The number of carbonyl (C=O) groups is 1. The summed E-state index contributed by atoms with van der Waals surface area (Å²) in [5, 5.41) is 0. The van der Waals surface area contributed by atoms with Crippen molar-refractivity contribution in [3.63, 3.8) is 0 Å². The maximum Gasteiger partial charge on any atom is 0.137 e. The summed E-state index contributed by atoms with van der Waals surface area (Å²) >= 11 is 3.51. The molecule has 0 aliphatic carbocycles. The molecule has 1 heterocycles. The lowest BCUT2D eigenvalue weighted by molar-refractivity contribution is -0.118. The highest BCUT2D eigenvalue weighted by Crippen LogP contribution is 2.33. The van der Waals surface area contributed by atoms with Gasteiger partial charge in [-0.25, -0.2) is 0 Å². The molecule has 0 spiro atoms. The second kappa shape index (κ2) is 7.79. The third-order valence-electron chi connectivity index (χ3n) is 3.62. The number of Topliss-reactive ketones (excluding diaryl/α,β-unsaturated/α-hetero) is 1. The summed E-state index contributed by atoms with van der Waals surface area (Å²) in [4.78, 5) is 12.1. The topological polar surface area (TPSA) is 52.3 Å². The van der Waals surface area contributed by atoms with Crippen LogP contribution < -0.4 is 10.5 Å². The van der Waals surface area contributed by atoms with E-state index in [1.807, 2.05) is 6.07 Å². The first-order valence-electron chi connectivity index (χ1n) is 7.36. The van der Waals surface area contributed by atoms with Crippen LogP contribution in [0.4, 0.5) is 0 Å². The molecule has 4 heteroatoms. The Morgan fingerprint density at radius 2 is 2.05 bits per heavy atom. The standard InChI is InChI=1S/C16H22BrNO2/c17-14-9-12-6-8-20-16(12)13(10-14)11-15(19)5-3-1-2-4-7-18/h9-10H,1-8,11,18H2. The van der Waals surface area contributed by atoms with Gasteiger partial charge in [0.15, 0.2) is 0 Å². The lowest BCUT2D eigenvalue weighted by Gasteiger charge is -2.08. The van der Waals surface area contributed by atoms with Crippen molar-refractivity contribution in [2.24, 2.45) is 5.73 Å². The van der Waals surface area contributed by atoms with E-state index >= 15 is 0 Å². The Hall–Kier alpha value is -0.870. The van der Waals surface area contributed by atoms with Gasteiger partial charge in [-0.3, -0.25) is 4.79 Å². The zero-order valence-electron chi connectivity index (χ0n) is 11.8. The van der Waals surface area contributed by atoms with Crippen molar-refractivity contribution < 1.29 is 9.53 Å².